The summed E-state index contributed by atoms with van der Waals surface area (Å²) in [6.45, 7) is 4.27. The lowest BCUT2D eigenvalue weighted by atomic mass is 10.2. The maximum absolute atomic E-state index is 4.82. The fraction of sp³-hybridized carbons (Fsp3) is 0.286. The van der Waals surface area contributed by atoms with Crippen LogP contribution in [0.2, 0.25) is 0 Å². The highest BCUT2D eigenvalue weighted by atomic mass is 15.4. The van der Waals surface area contributed by atoms with Gasteiger partial charge in [0.25, 0.3) is 0 Å². The number of nitrogens with one attached hydrogen (secondary N) is 1. The number of nitrogens with zero attached hydrogens (tertiary/aromatic N) is 5. The largest absolute Gasteiger partial charge is 0.353 e. The van der Waals surface area contributed by atoms with Crippen LogP contribution in [-0.4, -0.2) is 50.7 Å². The molecule has 1 saturated heterocycles. The third kappa shape index (κ3) is 3.13. The molecule has 136 valence electrons. The molecule has 3 heterocycles. The Morgan fingerprint density at radius 2 is 1.67 bits per heavy atom. The molecular formula is C21H22N6. The van der Waals surface area contributed by atoms with E-state index < -0.39 is 0 Å². The molecule has 5 rings (SSSR count). The molecule has 6 nitrogen and oxygen atoms in total. The molecule has 0 aliphatic carbocycles. The van der Waals surface area contributed by atoms with Crippen molar-refractivity contribution in [1.29, 1.82) is 0 Å². The van der Waals surface area contributed by atoms with E-state index in [1.165, 1.54) is 25.9 Å². The van der Waals surface area contributed by atoms with Crippen LogP contribution in [0.1, 0.15) is 12.8 Å². The fourth-order valence-electron chi connectivity index (χ4n) is 3.71. The van der Waals surface area contributed by atoms with Crippen molar-refractivity contribution in [3.63, 3.8) is 0 Å². The van der Waals surface area contributed by atoms with Crippen LogP contribution in [0.4, 0.5) is 5.95 Å². The Labute approximate surface area is 157 Å². The van der Waals surface area contributed by atoms with Crippen LogP contribution in [0.25, 0.3) is 27.9 Å². The minimum atomic E-state index is 0.719. The Morgan fingerprint density at radius 1 is 0.889 bits per heavy atom. The first-order valence-corrected chi connectivity index (χ1v) is 9.56. The molecule has 6 heteroatoms. The minimum absolute atomic E-state index is 0.719. The molecule has 0 unspecified atom stereocenters. The summed E-state index contributed by atoms with van der Waals surface area (Å²) in [5.41, 5.74) is 2.78. The molecule has 1 aliphatic heterocycles. The van der Waals surface area contributed by atoms with Crippen LogP contribution < -0.4 is 5.32 Å². The second-order valence-corrected chi connectivity index (χ2v) is 6.96. The predicted octanol–water partition coefficient (Wildman–Crippen LogP) is 3.45. The number of para-hydroxylation sites is 1. The van der Waals surface area contributed by atoms with Crippen LogP contribution in [0.3, 0.4) is 0 Å². The summed E-state index contributed by atoms with van der Waals surface area (Å²) in [6, 6.07) is 18.2. The summed E-state index contributed by atoms with van der Waals surface area (Å²) in [6.07, 6.45) is 2.62. The third-order valence-electron chi connectivity index (χ3n) is 5.12. The van der Waals surface area contributed by atoms with Crippen molar-refractivity contribution >= 4 is 22.5 Å². The average molecular weight is 358 g/mol. The smallest absolute Gasteiger partial charge is 0.226 e. The van der Waals surface area contributed by atoms with Gasteiger partial charge in [-0.1, -0.05) is 42.5 Å². The van der Waals surface area contributed by atoms with E-state index in [0.717, 1.165) is 47.0 Å². The van der Waals surface area contributed by atoms with Crippen molar-refractivity contribution < 1.29 is 0 Å². The van der Waals surface area contributed by atoms with Gasteiger partial charge in [-0.2, -0.15) is 4.52 Å². The predicted molar refractivity (Wildman–Crippen MR) is 108 cm³/mol. The van der Waals surface area contributed by atoms with E-state index in [0.29, 0.717) is 0 Å². The molecule has 1 fully saturated rings. The van der Waals surface area contributed by atoms with Crippen molar-refractivity contribution in [3.8, 4) is 11.4 Å². The van der Waals surface area contributed by atoms with Gasteiger partial charge in [0.1, 0.15) is 0 Å². The number of fused-ring (bicyclic) bond motifs is 3. The van der Waals surface area contributed by atoms with E-state index in [4.69, 9.17) is 15.1 Å². The van der Waals surface area contributed by atoms with Crippen LogP contribution >= 0.6 is 0 Å². The van der Waals surface area contributed by atoms with Gasteiger partial charge in [-0.3, -0.25) is 0 Å². The number of benzene rings is 2. The average Bonchev–Trinajstić information content (AvgIpc) is 3.39. The van der Waals surface area contributed by atoms with Gasteiger partial charge in [0, 0.05) is 24.0 Å². The van der Waals surface area contributed by atoms with E-state index in [1.54, 1.807) is 0 Å². The van der Waals surface area contributed by atoms with Gasteiger partial charge in [0.2, 0.25) is 5.95 Å². The molecular weight excluding hydrogens is 336 g/mol. The molecule has 2 aromatic heterocycles. The van der Waals surface area contributed by atoms with E-state index in [2.05, 4.69) is 16.3 Å². The molecule has 0 bridgehead atoms. The van der Waals surface area contributed by atoms with E-state index in [-0.39, 0.29) is 0 Å². The molecule has 0 amide bonds. The zero-order valence-electron chi connectivity index (χ0n) is 15.2. The van der Waals surface area contributed by atoms with Gasteiger partial charge in [-0.15, -0.1) is 5.10 Å². The number of anilines is 1. The zero-order chi connectivity index (χ0) is 18.1. The molecule has 27 heavy (non-hydrogen) atoms. The summed E-state index contributed by atoms with van der Waals surface area (Å²) in [4.78, 5) is 12.1. The van der Waals surface area contributed by atoms with Crippen molar-refractivity contribution in [1.82, 2.24) is 24.5 Å². The second-order valence-electron chi connectivity index (χ2n) is 6.96. The molecule has 0 atom stereocenters. The molecule has 1 aliphatic rings. The lowest BCUT2D eigenvalue weighted by Crippen LogP contribution is -2.26. The van der Waals surface area contributed by atoms with Crippen molar-refractivity contribution in [2.24, 2.45) is 0 Å². The van der Waals surface area contributed by atoms with Crippen LogP contribution in [0.15, 0.2) is 54.6 Å². The molecule has 0 radical (unpaired) electrons. The zero-order valence-corrected chi connectivity index (χ0v) is 15.2. The fourth-order valence-corrected chi connectivity index (χ4v) is 3.71. The van der Waals surface area contributed by atoms with Crippen LogP contribution in [-0.2, 0) is 0 Å². The Kier molecular flexibility index (Phi) is 4.18. The van der Waals surface area contributed by atoms with Gasteiger partial charge < -0.3 is 10.2 Å². The van der Waals surface area contributed by atoms with Crippen molar-refractivity contribution in [2.45, 2.75) is 12.8 Å². The highest BCUT2D eigenvalue weighted by molar-refractivity contribution is 5.92. The minimum Gasteiger partial charge on any atom is -0.353 e. The maximum atomic E-state index is 4.82. The quantitative estimate of drug-likeness (QED) is 0.592. The topological polar surface area (TPSA) is 58.4 Å². The first-order valence-electron chi connectivity index (χ1n) is 9.56. The molecule has 0 saturated carbocycles. The van der Waals surface area contributed by atoms with Gasteiger partial charge in [0.15, 0.2) is 11.5 Å². The van der Waals surface area contributed by atoms with Gasteiger partial charge in [0.05, 0.1) is 5.52 Å². The molecule has 1 N–H and O–H groups in total. The monoisotopic (exact) mass is 358 g/mol. The lowest BCUT2D eigenvalue weighted by molar-refractivity contribution is 0.352. The van der Waals surface area contributed by atoms with E-state index in [1.807, 2.05) is 53.0 Å². The second kappa shape index (κ2) is 6.96. The Hall–Kier alpha value is -2.99. The first-order chi connectivity index (χ1) is 13.4. The summed E-state index contributed by atoms with van der Waals surface area (Å²) in [7, 11) is 0. The van der Waals surface area contributed by atoms with Gasteiger partial charge >= 0.3 is 0 Å². The molecule has 0 spiro atoms. The number of rotatable bonds is 5. The maximum Gasteiger partial charge on any atom is 0.226 e. The number of hydrogen-bond acceptors (Lipinski definition) is 5. The Balaban J connectivity index is 1.54. The third-order valence-corrected chi connectivity index (χ3v) is 5.12. The summed E-state index contributed by atoms with van der Waals surface area (Å²) >= 11 is 0. The number of hydrogen-bond donors (Lipinski definition) is 1. The Bertz CT molecular complexity index is 1070. The highest BCUT2D eigenvalue weighted by Gasteiger charge is 2.15. The molecule has 4 aromatic rings. The van der Waals surface area contributed by atoms with Crippen molar-refractivity contribution in [2.75, 3.05) is 31.5 Å². The SMILES string of the molecule is c1ccc(-c2nc3c4ccccc4nc(NCCN4CCCC4)n3n2)cc1. The van der Waals surface area contributed by atoms with E-state index >= 15 is 0 Å². The highest BCUT2D eigenvalue weighted by Crippen LogP contribution is 2.24. The normalized spacial score (nSPS) is 15.0. The summed E-state index contributed by atoms with van der Waals surface area (Å²) in [5, 5.41) is 9.24. The summed E-state index contributed by atoms with van der Waals surface area (Å²) in [5.74, 6) is 1.47. The van der Waals surface area contributed by atoms with Crippen LogP contribution in [0.5, 0.6) is 0 Å². The van der Waals surface area contributed by atoms with Crippen LogP contribution in [0, 0.1) is 0 Å². The lowest BCUT2D eigenvalue weighted by Gasteiger charge is -2.15. The summed E-state index contributed by atoms with van der Waals surface area (Å²) < 4.78 is 1.84. The van der Waals surface area contributed by atoms with Gasteiger partial charge in [-0.05, 0) is 38.1 Å². The Morgan fingerprint density at radius 3 is 2.52 bits per heavy atom. The first kappa shape index (κ1) is 16.2. The number of likely N-dealkylation sites (tertiary alicyclic amines) is 1. The van der Waals surface area contributed by atoms with Crippen molar-refractivity contribution in [3.05, 3.63) is 54.6 Å². The molecule has 2 aromatic carbocycles. The number of aromatic nitrogens is 4. The van der Waals surface area contributed by atoms with E-state index in [9.17, 15) is 0 Å². The van der Waals surface area contributed by atoms with Gasteiger partial charge in [-0.25, -0.2) is 9.97 Å². The standard InChI is InChI=1S/C21H22N6/c1-2-8-16(9-3-1)19-24-20-17-10-4-5-11-18(17)23-21(27(20)25-19)22-12-15-26-13-6-7-14-26/h1-5,8-11H,6-7,12-15H2,(H,22,23).